The number of aromatic nitrogens is 2. The SMILES string of the molecule is C=C/C=C(\C=C/C)c1cn[nH]c1C(/C=C\C=C/C)=C/C.CC.CC. The average molecular weight is 327 g/mol. The number of hydrogen-bond acceptors (Lipinski definition) is 1. The molecular weight excluding hydrogens is 292 g/mol. The quantitative estimate of drug-likeness (QED) is 0.553. The highest BCUT2D eigenvalue weighted by molar-refractivity contribution is 5.85. The number of allylic oxidation sites excluding steroid dienone is 11. The van der Waals surface area contributed by atoms with Crippen LogP contribution in [0.25, 0.3) is 11.1 Å². The van der Waals surface area contributed by atoms with Gasteiger partial charge >= 0.3 is 0 Å². The van der Waals surface area contributed by atoms with E-state index < -0.39 is 0 Å². The summed E-state index contributed by atoms with van der Waals surface area (Å²) < 4.78 is 0. The normalized spacial score (nSPS) is 12.1. The number of aromatic amines is 1. The lowest BCUT2D eigenvalue weighted by Gasteiger charge is -2.04. The highest BCUT2D eigenvalue weighted by Crippen LogP contribution is 2.25. The molecule has 0 aliphatic carbocycles. The minimum atomic E-state index is 1.01. The largest absolute Gasteiger partial charge is 0.277 e. The lowest BCUT2D eigenvalue weighted by atomic mass is 10.0. The highest BCUT2D eigenvalue weighted by atomic mass is 15.1. The Kier molecular flexibility index (Phi) is 16.9. The van der Waals surface area contributed by atoms with Gasteiger partial charge in [-0.2, -0.15) is 5.10 Å². The van der Waals surface area contributed by atoms with E-state index in [9.17, 15) is 0 Å². The van der Waals surface area contributed by atoms with Crippen molar-refractivity contribution in [3.63, 3.8) is 0 Å². The van der Waals surface area contributed by atoms with Crippen LogP contribution in [-0.4, -0.2) is 10.2 Å². The minimum Gasteiger partial charge on any atom is -0.277 e. The Bertz CT molecular complexity index is 579. The molecule has 0 spiro atoms. The van der Waals surface area contributed by atoms with Gasteiger partial charge in [-0.25, -0.2) is 0 Å². The number of H-pyrrole nitrogens is 1. The summed E-state index contributed by atoms with van der Waals surface area (Å²) in [5.74, 6) is 0. The number of rotatable bonds is 6. The molecule has 1 aromatic heterocycles. The molecule has 0 saturated carbocycles. The molecule has 1 heterocycles. The van der Waals surface area contributed by atoms with Gasteiger partial charge in [-0.15, -0.1) is 0 Å². The monoisotopic (exact) mass is 326 g/mol. The summed E-state index contributed by atoms with van der Waals surface area (Å²) in [4.78, 5) is 0. The number of nitrogens with zero attached hydrogens (tertiary/aromatic N) is 1. The van der Waals surface area contributed by atoms with Crippen LogP contribution in [0.3, 0.4) is 0 Å². The van der Waals surface area contributed by atoms with Gasteiger partial charge in [-0.05, 0) is 31.9 Å². The smallest absolute Gasteiger partial charge is 0.0725 e. The second-order valence-electron chi connectivity index (χ2n) is 4.15. The third-order valence-electron chi connectivity index (χ3n) is 2.77. The van der Waals surface area contributed by atoms with E-state index in [4.69, 9.17) is 0 Å². The van der Waals surface area contributed by atoms with Crippen molar-refractivity contribution in [3.05, 3.63) is 78.7 Å². The van der Waals surface area contributed by atoms with Crippen LogP contribution in [0, 0.1) is 0 Å². The summed E-state index contributed by atoms with van der Waals surface area (Å²) in [6.45, 7) is 17.8. The summed E-state index contributed by atoms with van der Waals surface area (Å²) in [7, 11) is 0. The predicted octanol–water partition coefficient (Wildman–Crippen LogP) is 7.14. The molecule has 132 valence electrons. The van der Waals surface area contributed by atoms with Crippen LogP contribution in [-0.2, 0) is 0 Å². The van der Waals surface area contributed by atoms with Gasteiger partial charge in [-0.1, -0.05) is 89.0 Å². The molecular formula is C22H34N2. The molecule has 2 heteroatoms. The molecule has 0 fully saturated rings. The van der Waals surface area contributed by atoms with E-state index in [2.05, 4.69) is 35.0 Å². The van der Waals surface area contributed by atoms with Crippen molar-refractivity contribution < 1.29 is 0 Å². The standard InChI is InChI=1S/C18H22N2.2C2H6/c1-5-9-10-13-15(8-4)18-17(14-19-20-18)16(11-6-2)12-7-3;2*1-2/h5-14H,2H2,1,3-4H3,(H,19,20);2*1-2H3/b9-5-,12-7-,13-10-,15-8+,16-11+;;. The second kappa shape index (κ2) is 17.0. The average Bonchev–Trinajstić information content (AvgIpc) is 3.11. The number of hydrogen-bond donors (Lipinski definition) is 1. The van der Waals surface area contributed by atoms with Gasteiger partial charge in [0.2, 0.25) is 0 Å². The van der Waals surface area contributed by atoms with Crippen LogP contribution in [0.1, 0.15) is 59.7 Å². The summed E-state index contributed by atoms with van der Waals surface area (Å²) >= 11 is 0. The summed E-state index contributed by atoms with van der Waals surface area (Å²) in [5.41, 5.74) is 4.28. The Hall–Kier alpha value is -2.35. The molecule has 0 aromatic carbocycles. The maximum atomic E-state index is 4.18. The third kappa shape index (κ3) is 8.33. The Labute approximate surface area is 149 Å². The van der Waals surface area contributed by atoms with Gasteiger partial charge < -0.3 is 0 Å². The van der Waals surface area contributed by atoms with Gasteiger partial charge in [0.25, 0.3) is 0 Å². The van der Waals surface area contributed by atoms with Crippen LogP contribution < -0.4 is 0 Å². The van der Waals surface area contributed by atoms with Gasteiger partial charge in [0.05, 0.1) is 11.9 Å². The molecule has 1 N–H and O–H groups in total. The Morgan fingerprint density at radius 3 is 2.12 bits per heavy atom. The first kappa shape index (κ1) is 23.9. The van der Waals surface area contributed by atoms with Crippen molar-refractivity contribution >= 4 is 11.1 Å². The lowest BCUT2D eigenvalue weighted by Crippen LogP contribution is -1.88. The van der Waals surface area contributed by atoms with Crippen molar-refractivity contribution in [2.24, 2.45) is 0 Å². The molecule has 0 radical (unpaired) electrons. The van der Waals surface area contributed by atoms with Gasteiger partial charge in [0, 0.05) is 5.56 Å². The van der Waals surface area contributed by atoms with Crippen molar-refractivity contribution in [2.75, 3.05) is 0 Å². The third-order valence-corrected chi connectivity index (χ3v) is 2.77. The molecule has 0 aliphatic rings. The highest BCUT2D eigenvalue weighted by Gasteiger charge is 2.09. The molecule has 0 aliphatic heterocycles. The van der Waals surface area contributed by atoms with Crippen LogP contribution in [0.15, 0.2) is 67.5 Å². The zero-order valence-corrected chi connectivity index (χ0v) is 16.4. The molecule has 0 bridgehead atoms. The van der Waals surface area contributed by atoms with Gasteiger partial charge in [0.15, 0.2) is 0 Å². The van der Waals surface area contributed by atoms with E-state index in [1.54, 1.807) is 6.08 Å². The van der Waals surface area contributed by atoms with Crippen molar-refractivity contribution in [1.82, 2.24) is 10.2 Å². The molecule has 0 amide bonds. The van der Waals surface area contributed by atoms with Crippen molar-refractivity contribution in [1.29, 1.82) is 0 Å². The number of nitrogens with one attached hydrogen (secondary N) is 1. The topological polar surface area (TPSA) is 28.7 Å². The maximum absolute atomic E-state index is 4.18. The predicted molar refractivity (Wildman–Crippen MR) is 112 cm³/mol. The van der Waals surface area contributed by atoms with Crippen LogP contribution in [0.4, 0.5) is 0 Å². The van der Waals surface area contributed by atoms with Crippen molar-refractivity contribution in [2.45, 2.75) is 48.5 Å². The Morgan fingerprint density at radius 2 is 1.62 bits per heavy atom. The first-order valence-electron chi connectivity index (χ1n) is 8.73. The van der Waals surface area contributed by atoms with E-state index in [0.29, 0.717) is 0 Å². The fourth-order valence-corrected chi connectivity index (χ4v) is 1.86. The first-order chi connectivity index (χ1) is 11.8. The molecule has 1 aromatic rings. The van der Waals surface area contributed by atoms with E-state index in [1.807, 2.05) is 85.0 Å². The second-order valence-corrected chi connectivity index (χ2v) is 4.15. The van der Waals surface area contributed by atoms with Crippen molar-refractivity contribution in [3.8, 4) is 0 Å². The Morgan fingerprint density at radius 1 is 0.958 bits per heavy atom. The molecule has 0 unspecified atom stereocenters. The fourth-order valence-electron chi connectivity index (χ4n) is 1.86. The molecule has 1 rings (SSSR count). The van der Waals surface area contributed by atoms with Crippen LogP contribution >= 0.6 is 0 Å². The van der Waals surface area contributed by atoms with E-state index in [0.717, 1.165) is 22.4 Å². The molecule has 24 heavy (non-hydrogen) atoms. The van der Waals surface area contributed by atoms with Gasteiger partial charge in [-0.3, -0.25) is 5.10 Å². The molecule has 2 nitrogen and oxygen atoms in total. The maximum Gasteiger partial charge on any atom is 0.0725 e. The molecule has 0 atom stereocenters. The van der Waals surface area contributed by atoms with E-state index in [-0.39, 0.29) is 0 Å². The van der Waals surface area contributed by atoms with Crippen LogP contribution in [0.5, 0.6) is 0 Å². The van der Waals surface area contributed by atoms with Crippen LogP contribution in [0.2, 0.25) is 0 Å². The van der Waals surface area contributed by atoms with E-state index >= 15 is 0 Å². The van der Waals surface area contributed by atoms with E-state index in [1.165, 1.54) is 0 Å². The minimum absolute atomic E-state index is 1.01. The zero-order valence-electron chi connectivity index (χ0n) is 16.4. The molecule has 0 saturated heterocycles. The lowest BCUT2D eigenvalue weighted by molar-refractivity contribution is 1.07. The zero-order chi connectivity index (χ0) is 18.8. The fraction of sp³-hybridized carbons (Fsp3) is 0.318. The first-order valence-corrected chi connectivity index (χ1v) is 8.73. The summed E-state index contributed by atoms with van der Waals surface area (Å²) in [6.07, 6.45) is 19.8. The summed E-state index contributed by atoms with van der Waals surface area (Å²) in [6, 6.07) is 0. The van der Waals surface area contributed by atoms with Gasteiger partial charge in [0.1, 0.15) is 0 Å². The summed E-state index contributed by atoms with van der Waals surface area (Å²) in [5, 5.41) is 7.26. The Balaban J connectivity index is 0.